The van der Waals surface area contributed by atoms with Gasteiger partial charge in [0.15, 0.2) is 0 Å². The Morgan fingerprint density at radius 1 is 1.11 bits per heavy atom. The van der Waals surface area contributed by atoms with Gasteiger partial charge in [0.1, 0.15) is 0 Å². The maximum absolute atomic E-state index is 12.6. The number of hydrogen-bond acceptors (Lipinski definition) is 5. The summed E-state index contributed by atoms with van der Waals surface area (Å²) < 4.78 is 0. The molecule has 1 atom stereocenters. The molecule has 3 N–H and O–H groups in total. The molecule has 0 spiro atoms. The van der Waals surface area contributed by atoms with Crippen molar-refractivity contribution in [2.24, 2.45) is 0 Å². The number of aromatic nitrogens is 2. The molecule has 4 rings (SSSR count). The van der Waals surface area contributed by atoms with Gasteiger partial charge in [0, 0.05) is 31.9 Å². The molecule has 1 saturated heterocycles. The van der Waals surface area contributed by atoms with E-state index in [-0.39, 0.29) is 23.5 Å². The van der Waals surface area contributed by atoms with Gasteiger partial charge in [-0.15, -0.1) is 11.3 Å². The van der Waals surface area contributed by atoms with Gasteiger partial charge in [-0.1, -0.05) is 6.07 Å². The Kier molecular flexibility index (Phi) is 5.01. The Bertz CT molecular complexity index is 1050. The molecular formula is C19H21N5O3S. The number of piperazine rings is 1. The van der Waals surface area contributed by atoms with E-state index in [1.165, 1.54) is 11.3 Å². The van der Waals surface area contributed by atoms with E-state index in [4.69, 9.17) is 0 Å². The van der Waals surface area contributed by atoms with E-state index in [9.17, 15) is 14.4 Å². The lowest BCUT2D eigenvalue weighted by atomic mass is 10.2. The molecule has 1 aliphatic rings. The van der Waals surface area contributed by atoms with Crippen LogP contribution in [0.4, 0.5) is 5.69 Å². The molecule has 28 heavy (non-hydrogen) atoms. The molecule has 1 aliphatic heterocycles. The highest BCUT2D eigenvalue weighted by atomic mass is 32.1. The Hall–Kier alpha value is -2.91. The molecule has 1 aromatic carbocycles. The minimum atomic E-state index is -0.319. The number of carbonyl (C=O) groups excluding carboxylic acids is 2. The van der Waals surface area contributed by atoms with Gasteiger partial charge in [-0.25, -0.2) is 4.79 Å². The van der Waals surface area contributed by atoms with E-state index in [1.54, 1.807) is 18.2 Å². The van der Waals surface area contributed by atoms with Crippen molar-refractivity contribution in [1.82, 2.24) is 19.8 Å². The van der Waals surface area contributed by atoms with E-state index in [0.717, 1.165) is 4.88 Å². The van der Waals surface area contributed by atoms with E-state index in [0.29, 0.717) is 42.9 Å². The molecule has 1 unspecified atom stereocenters. The number of anilines is 1. The topological polar surface area (TPSA) is 101 Å². The third kappa shape index (κ3) is 3.71. The smallest absolute Gasteiger partial charge is 0.323 e. The maximum Gasteiger partial charge on any atom is 0.323 e. The molecule has 1 fully saturated rings. The summed E-state index contributed by atoms with van der Waals surface area (Å²) in [6.45, 7) is 4.37. The third-order valence-electron chi connectivity index (χ3n) is 5.04. The molecule has 146 valence electrons. The summed E-state index contributed by atoms with van der Waals surface area (Å²) in [5.41, 5.74) is 1.70. The Morgan fingerprint density at radius 3 is 2.57 bits per heavy atom. The second-order valence-corrected chi connectivity index (χ2v) is 7.76. The zero-order valence-corrected chi connectivity index (χ0v) is 16.2. The minimum Gasteiger partial charge on any atom is -0.335 e. The summed E-state index contributed by atoms with van der Waals surface area (Å²) >= 11 is 1.45. The van der Waals surface area contributed by atoms with Crippen molar-refractivity contribution in [3.05, 3.63) is 51.1 Å². The van der Waals surface area contributed by atoms with Gasteiger partial charge in [0.2, 0.25) is 5.91 Å². The number of rotatable bonds is 4. The molecule has 2 amide bonds. The van der Waals surface area contributed by atoms with Crippen molar-refractivity contribution in [2.75, 3.05) is 31.5 Å². The van der Waals surface area contributed by atoms with Crippen LogP contribution in [-0.4, -0.2) is 63.8 Å². The van der Waals surface area contributed by atoms with Crippen LogP contribution in [-0.2, 0) is 4.79 Å². The molecule has 0 aliphatic carbocycles. The zero-order chi connectivity index (χ0) is 19.7. The summed E-state index contributed by atoms with van der Waals surface area (Å²) in [6.07, 6.45) is 0. The van der Waals surface area contributed by atoms with Gasteiger partial charge in [0.25, 0.3) is 5.91 Å². The monoisotopic (exact) mass is 399 g/mol. The quantitative estimate of drug-likeness (QED) is 0.622. The number of imidazole rings is 1. The highest BCUT2D eigenvalue weighted by molar-refractivity contribution is 7.12. The van der Waals surface area contributed by atoms with Crippen LogP contribution in [0.2, 0.25) is 0 Å². The van der Waals surface area contributed by atoms with Crippen molar-refractivity contribution in [1.29, 1.82) is 0 Å². The lowest BCUT2D eigenvalue weighted by Crippen LogP contribution is -2.53. The molecule has 8 nitrogen and oxygen atoms in total. The number of thiophene rings is 1. The normalized spacial score (nSPS) is 16.2. The van der Waals surface area contributed by atoms with Crippen molar-refractivity contribution < 1.29 is 9.59 Å². The Balaban J connectivity index is 1.35. The van der Waals surface area contributed by atoms with Gasteiger partial charge in [-0.05, 0) is 36.6 Å². The molecule has 0 radical (unpaired) electrons. The summed E-state index contributed by atoms with van der Waals surface area (Å²) in [5, 5.41) is 4.80. The van der Waals surface area contributed by atoms with Crippen LogP contribution in [0.3, 0.4) is 0 Å². The summed E-state index contributed by atoms with van der Waals surface area (Å²) in [7, 11) is 0. The first-order valence-corrected chi connectivity index (χ1v) is 9.99. The second kappa shape index (κ2) is 7.61. The Labute approximate surface area is 165 Å². The van der Waals surface area contributed by atoms with Gasteiger partial charge in [0.05, 0.1) is 22.0 Å². The van der Waals surface area contributed by atoms with Crippen LogP contribution < -0.4 is 11.0 Å². The first-order chi connectivity index (χ1) is 13.5. The summed E-state index contributed by atoms with van der Waals surface area (Å²) in [4.78, 5) is 46.4. The summed E-state index contributed by atoms with van der Waals surface area (Å²) in [6, 6.07) is 8.64. The number of H-pyrrole nitrogens is 2. The molecule has 3 aromatic rings. The molecule has 9 heteroatoms. The van der Waals surface area contributed by atoms with Crippen LogP contribution in [0.1, 0.15) is 16.6 Å². The standard InChI is InChI=1S/C19H21N5O3S/c1-12(17(25)20-13-4-5-14-15(11-13)22-19(27)21-14)23-6-8-24(9-7-23)18(26)16-3-2-10-28-16/h2-5,10-12H,6-9H2,1H3,(H,20,25)(H2,21,22,27). The predicted molar refractivity (Wildman–Crippen MR) is 109 cm³/mol. The molecular weight excluding hydrogens is 378 g/mol. The molecule has 0 saturated carbocycles. The van der Waals surface area contributed by atoms with Crippen LogP contribution in [0.5, 0.6) is 0 Å². The van der Waals surface area contributed by atoms with Crippen LogP contribution in [0.15, 0.2) is 40.5 Å². The number of nitrogens with zero attached hydrogens (tertiary/aromatic N) is 2. The van der Waals surface area contributed by atoms with E-state index < -0.39 is 0 Å². The minimum absolute atomic E-state index is 0.0561. The van der Waals surface area contributed by atoms with Gasteiger partial charge < -0.3 is 20.2 Å². The van der Waals surface area contributed by atoms with E-state index >= 15 is 0 Å². The largest absolute Gasteiger partial charge is 0.335 e. The van der Waals surface area contributed by atoms with E-state index in [2.05, 4.69) is 20.2 Å². The first-order valence-electron chi connectivity index (χ1n) is 9.11. The Morgan fingerprint density at radius 2 is 1.86 bits per heavy atom. The lowest BCUT2D eigenvalue weighted by Gasteiger charge is -2.37. The zero-order valence-electron chi connectivity index (χ0n) is 15.4. The average Bonchev–Trinajstić information content (AvgIpc) is 3.35. The van der Waals surface area contributed by atoms with Crippen molar-refractivity contribution in [3.8, 4) is 0 Å². The number of carbonyl (C=O) groups is 2. The van der Waals surface area contributed by atoms with Crippen molar-refractivity contribution >= 4 is 39.9 Å². The number of benzene rings is 1. The van der Waals surface area contributed by atoms with E-state index in [1.807, 2.05) is 29.3 Å². The first kappa shape index (κ1) is 18.5. The number of hydrogen-bond donors (Lipinski definition) is 3. The number of aromatic amines is 2. The van der Waals surface area contributed by atoms with Gasteiger partial charge in [-0.3, -0.25) is 14.5 Å². The molecule has 0 bridgehead atoms. The highest BCUT2D eigenvalue weighted by Gasteiger charge is 2.28. The SMILES string of the molecule is CC(C(=O)Nc1ccc2[nH]c(=O)[nH]c2c1)N1CCN(C(=O)c2cccs2)CC1. The van der Waals surface area contributed by atoms with Gasteiger partial charge >= 0.3 is 5.69 Å². The summed E-state index contributed by atoms with van der Waals surface area (Å²) in [5.74, 6) is -0.0594. The van der Waals surface area contributed by atoms with Crippen molar-refractivity contribution in [2.45, 2.75) is 13.0 Å². The lowest BCUT2D eigenvalue weighted by molar-refractivity contribution is -0.121. The van der Waals surface area contributed by atoms with Gasteiger partial charge in [-0.2, -0.15) is 0 Å². The average molecular weight is 399 g/mol. The second-order valence-electron chi connectivity index (χ2n) is 6.81. The number of nitrogens with one attached hydrogen (secondary N) is 3. The fourth-order valence-electron chi connectivity index (χ4n) is 3.39. The number of fused-ring (bicyclic) bond motifs is 1. The highest BCUT2D eigenvalue weighted by Crippen LogP contribution is 2.17. The van der Waals surface area contributed by atoms with Crippen LogP contribution >= 0.6 is 11.3 Å². The molecule has 3 heterocycles. The van der Waals surface area contributed by atoms with Crippen LogP contribution in [0.25, 0.3) is 11.0 Å². The molecule has 2 aromatic heterocycles. The fourth-order valence-corrected chi connectivity index (χ4v) is 4.08. The fraction of sp³-hybridized carbons (Fsp3) is 0.316. The maximum atomic E-state index is 12.6. The number of amides is 2. The third-order valence-corrected chi connectivity index (χ3v) is 5.90. The predicted octanol–water partition coefficient (Wildman–Crippen LogP) is 1.70. The van der Waals surface area contributed by atoms with Crippen LogP contribution in [0, 0.1) is 0 Å². The van der Waals surface area contributed by atoms with Crippen molar-refractivity contribution in [3.63, 3.8) is 0 Å².